The molecule has 0 heterocycles. The van der Waals surface area contributed by atoms with Crippen LogP contribution in [-0.2, 0) is 9.59 Å². The molecule has 1 aliphatic carbocycles. The summed E-state index contributed by atoms with van der Waals surface area (Å²) in [7, 11) is 0. The van der Waals surface area contributed by atoms with Gasteiger partial charge in [-0.2, -0.15) is 0 Å². The highest BCUT2D eigenvalue weighted by molar-refractivity contribution is 5.92. The minimum Gasteiger partial charge on any atom is -0.481 e. The number of ketones is 1. The van der Waals surface area contributed by atoms with Crippen LogP contribution in [0.3, 0.4) is 0 Å². The molecule has 2 N–H and O–H groups in total. The van der Waals surface area contributed by atoms with Gasteiger partial charge in [-0.3, -0.25) is 9.59 Å². The third-order valence-electron chi connectivity index (χ3n) is 3.65. The molecule has 0 fully saturated rings. The maximum Gasteiger partial charge on any atom is 0.303 e. The fourth-order valence-corrected chi connectivity index (χ4v) is 2.24. The van der Waals surface area contributed by atoms with E-state index in [1.54, 1.807) is 6.08 Å². The SMILES string of the molecule is C/C=C\CCCC(=O)O.CCCCCC(O)/C=C/[C@H]1C=CC(=O)C1. The van der Waals surface area contributed by atoms with Crippen molar-refractivity contribution in [3.63, 3.8) is 0 Å². The third-order valence-corrected chi connectivity index (χ3v) is 3.65. The van der Waals surface area contributed by atoms with Crippen molar-refractivity contribution in [2.75, 3.05) is 0 Å². The molecule has 24 heavy (non-hydrogen) atoms. The number of hydrogen-bond donors (Lipinski definition) is 2. The first-order chi connectivity index (χ1) is 11.5. The number of carboxylic acids is 1. The van der Waals surface area contributed by atoms with Gasteiger partial charge in [0.1, 0.15) is 0 Å². The van der Waals surface area contributed by atoms with E-state index >= 15 is 0 Å². The summed E-state index contributed by atoms with van der Waals surface area (Å²) in [6, 6.07) is 0. The number of carboxylic acid groups (broad SMARTS) is 1. The molecule has 0 amide bonds. The summed E-state index contributed by atoms with van der Waals surface area (Å²) in [6.07, 6.45) is 17.6. The molecule has 4 heteroatoms. The average molecular weight is 336 g/mol. The van der Waals surface area contributed by atoms with E-state index < -0.39 is 5.97 Å². The molecule has 0 aromatic rings. The molecular formula is C20H32O4. The summed E-state index contributed by atoms with van der Waals surface area (Å²) in [4.78, 5) is 20.9. The Morgan fingerprint density at radius 2 is 2.12 bits per heavy atom. The lowest BCUT2D eigenvalue weighted by molar-refractivity contribution is -0.137. The number of carbonyl (C=O) groups excluding carboxylic acids is 1. The maximum atomic E-state index is 10.9. The van der Waals surface area contributed by atoms with Crippen LogP contribution >= 0.6 is 0 Å². The van der Waals surface area contributed by atoms with Gasteiger partial charge in [0.2, 0.25) is 0 Å². The second-order valence-electron chi connectivity index (χ2n) is 6.00. The standard InChI is InChI=1S/C13H20O2.C7H12O2/c1-2-3-4-5-12(14)8-6-11-7-9-13(15)10-11;1-2-3-4-5-6-7(8)9/h6-9,11-12,14H,2-5,10H2,1H3;2-3H,4-6H2,1H3,(H,8,9)/b8-6+;3-2-/t11-,12?;/m0./s1. The van der Waals surface area contributed by atoms with Crippen molar-refractivity contribution < 1.29 is 19.8 Å². The van der Waals surface area contributed by atoms with Gasteiger partial charge in [-0.25, -0.2) is 0 Å². The summed E-state index contributed by atoms with van der Waals surface area (Å²) in [6.45, 7) is 4.08. The van der Waals surface area contributed by atoms with Crippen molar-refractivity contribution in [2.24, 2.45) is 5.92 Å². The first-order valence-corrected chi connectivity index (χ1v) is 8.90. The van der Waals surface area contributed by atoms with Crippen molar-refractivity contribution in [3.05, 3.63) is 36.5 Å². The normalized spacial score (nSPS) is 18.1. The van der Waals surface area contributed by atoms with Crippen LogP contribution in [0, 0.1) is 5.92 Å². The first-order valence-electron chi connectivity index (χ1n) is 8.90. The van der Waals surface area contributed by atoms with Gasteiger partial charge >= 0.3 is 5.97 Å². The Labute approximate surface area is 146 Å². The fourth-order valence-electron chi connectivity index (χ4n) is 2.24. The number of allylic oxidation sites excluding steroid dienone is 5. The first kappa shape index (κ1) is 22.3. The van der Waals surface area contributed by atoms with Crippen LogP contribution in [0.5, 0.6) is 0 Å². The lowest BCUT2D eigenvalue weighted by atomic mass is 10.1. The largest absolute Gasteiger partial charge is 0.481 e. The Morgan fingerprint density at radius 3 is 2.67 bits per heavy atom. The van der Waals surface area contributed by atoms with E-state index in [0.717, 1.165) is 25.7 Å². The molecule has 0 aromatic heterocycles. The number of aliphatic carboxylic acids is 1. The molecule has 2 atom stereocenters. The topological polar surface area (TPSA) is 74.6 Å². The molecule has 0 spiro atoms. The number of rotatable bonds is 10. The van der Waals surface area contributed by atoms with Crippen LogP contribution in [-0.4, -0.2) is 28.1 Å². The van der Waals surface area contributed by atoms with E-state index in [4.69, 9.17) is 5.11 Å². The predicted molar refractivity (Wildman–Crippen MR) is 97.8 cm³/mol. The second-order valence-corrected chi connectivity index (χ2v) is 6.00. The second kappa shape index (κ2) is 14.9. The minimum absolute atomic E-state index is 0.185. The Hall–Kier alpha value is -1.68. The zero-order valence-electron chi connectivity index (χ0n) is 15.0. The average Bonchev–Trinajstić information content (AvgIpc) is 2.96. The number of unbranched alkanes of at least 4 members (excludes halogenated alkanes) is 3. The molecule has 4 nitrogen and oxygen atoms in total. The summed E-state index contributed by atoms with van der Waals surface area (Å²) in [5, 5.41) is 17.8. The van der Waals surface area contributed by atoms with Gasteiger partial charge in [0.15, 0.2) is 5.78 Å². The van der Waals surface area contributed by atoms with Crippen LogP contribution < -0.4 is 0 Å². The van der Waals surface area contributed by atoms with E-state index in [1.165, 1.54) is 12.8 Å². The van der Waals surface area contributed by atoms with Gasteiger partial charge in [-0.05, 0) is 32.3 Å². The van der Waals surface area contributed by atoms with E-state index in [9.17, 15) is 14.7 Å². The van der Waals surface area contributed by atoms with E-state index in [-0.39, 0.29) is 24.2 Å². The molecule has 0 saturated heterocycles. The lowest BCUT2D eigenvalue weighted by Gasteiger charge is -2.05. The Balaban J connectivity index is 0.000000506. The molecule has 1 aliphatic rings. The highest BCUT2D eigenvalue weighted by Crippen LogP contribution is 2.16. The monoisotopic (exact) mass is 336 g/mol. The Morgan fingerprint density at radius 1 is 1.38 bits per heavy atom. The highest BCUT2D eigenvalue weighted by Gasteiger charge is 2.12. The van der Waals surface area contributed by atoms with E-state index in [0.29, 0.717) is 6.42 Å². The van der Waals surface area contributed by atoms with Crippen molar-refractivity contribution in [3.8, 4) is 0 Å². The van der Waals surface area contributed by atoms with Crippen molar-refractivity contribution >= 4 is 11.8 Å². The number of carbonyl (C=O) groups is 2. The highest BCUT2D eigenvalue weighted by atomic mass is 16.4. The van der Waals surface area contributed by atoms with Gasteiger partial charge in [0, 0.05) is 18.8 Å². The molecule has 0 saturated carbocycles. The zero-order valence-corrected chi connectivity index (χ0v) is 15.0. The van der Waals surface area contributed by atoms with Crippen LogP contribution in [0.25, 0.3) is 0 Å². The molecule has 0 aromatic carbocycles. The minimum atomic E-state index is -0.709. The van der Waals surface area contributed by atoms with Crippen LogP contribution in [0.4, 0.5) is 0 Å². The number of hydrogen-bond acceptors (Lipinski definition) is 3. The van der Waals surface area contributed by atoms with Crippen LogP contribution in [0.2, 0.25) is 0 Å². The summed E-state index contributed by atoms with van der Waals surface area (Å²) in [5.41, 5.74) is 0. The molecular weight excluding hydrogens is 304 g/mol. The fraction of sp³-hybridized carbons (Fsp3) is 0.600. The maximum absolute atomic E-state index is 10.9. The smallest absolute Gasteiger partial charge is 0.303 e. The van der Waals surface area contributed by atoms with Gasteiger partial charge in [0.05, 0.1) is 6.10 Å². The Bertz CT molecular complexity index is 435. The summed E-state index contributed by atoms with van der Waals surface area (Å²) in [5.74, 6) is -0.317. The lowest BCUT2D eigenvalue weighted by Crippen LogP contribution is -2.02. The van der Waals surface area contributed by atoms with E-state index in [1.807, 2.05) is 37.3 Å². The van der Waals surface area contributed by atoms with Crippen molar-refractivity contribution in [1.82, 2.24) is 0 Å². The zero-order chi connectivity index (χ0) is 18.2. The Kier molecular flexibility index (Phi) is 13.8. The molecule has 1 unspecified atom stereocenters. The van der Waals surface area contributed by atoms with Gasteiger partial charge in [-0.15, -0.1) is 0 Å². The molecule has 136 valence electrons. The van der Waals surface area contributed by atoms with Gasteiger partial charge < -0.3 is 10.2 Å². The molecule has 1 rings (SSSR count). The summed E-state index contributed by atoms with van der Waals surface area (Å²) >= 11 is 0. The number of aliphatic hydroxyl groups excluding tert-OH is 1. The third kappa shape index (κ3) is 13.9. The predicted octanol–water partition coefficient (Wildman–Crippen LogP) is 4.45. The summed E-state index contributed by atoms with van der Waals surface area (Å²) < 4.78 is 0. The number of aliphatic hydroxyl groups is 1. The van der Waals surface area contributed by atoms with Gasteiger partial charge in [-0.1, -0.05) is 56.6 Å². The van der Waals surface area contributed by atoms with Crippen LogP contribution in [0.1, 0.15) is 65.2 Å². The quantitative estimate of drug-likeness (QED) is 0.456. The van der Waals surface area contributed by atoms with Gasteiger partial charge in [0.25, 0.3) is 0 Å². The van der Waals surface area contributed by atoms with Crippen molar-refractivity contribution in [2.45, 2.75) is 71.3 Å². The van der Waals surface area contributed by atoms with Crippen molar-refractivity contribution in [1.29, 1.82) is 0 Å². The van der Waals surface area contributed by atoms with Crippen LogP contribution in [0.15, 0.2) is 36.5 Å². The molecule has 0 aliphatic heterocycles. The molecule has 0 radical (unpaired) electrons. The molecule has 0 bridgehead atoms. The van der Waals surface area contributed by atoms with E-state index in [2.05, 4.69) is 6.92 Å².